The Morgan fingerprint density at radius 3 is 2.64 bits per heavy atom. The van der Waals surface area contributed by atoms with E-state index in [0.29, 0.717) is 5.75 Å². The number of rotatable bonds is 3. The number of aliphatic hydroxyl groups excluding tert-OH is 1. The van der Waals surface area contributed by atoms with Crippen LogP contribution in [0.2, 0.25) is 0 Å². The second kappa shape index (κ2) is 3.83. The van der Waals surface area contributed by atoms with Gasteiger partial charge in [0.15, 0.2) is 11.5 Å². The molecular formula is C8H10O3. The normalized spacial score (nSPS) is 9.55. The SMILES string of the molecule is OCCOc1ccccc1O. The summed E-state index contributed by atoms with van der Waals surface area (Å²) in [6.07, 6.45) is 0. The summed E-state index contributed by atoms with van der Waals surface area (Å²) >= 11 is 0. The fraction of sp³-hybridized carbons (Fsp3) is 0.250. The molecule has 0 aliphatic rings. The van der Waals surface area contributed by atoms with Crippen LogP contribution in [0.25, 0.3) is 0 Å². The summed E-state index contributed by atoms with van der Waals surface area (Å²) in [6.45, 7) is 0.159. The lowest BCUT2D eigenvalue weighted by Crippen LogP contribution is -2.01. The molecule has 1 aromatic rings. The van der Waals surface area contributed by atoms with Crippen molar-refractivity contribution in [1.29, 1.82) is 0 Å². The van der Waals surface area contributed by atoms with Crippen molar-refractivity contribution in [3.63, 3.8) is 0 Å². The van der Waals surface area contributed by atoms with Gasteiger partial charge in [0.2, 0.25) is 0 Å². The van der Waals surface area contributed by atoms with Crippen LogP contribution < -0.4 is 4.74 Å². The van der Waals surface area contributed by atoms with Gasteiger partial charge in [-0.15, -0.1) is 0 Å². The highest BCUT2D eigenvalue weighted by atomic mass is 16.5. The maximum atomic E-state index is 9.13. The van der Waals surface area contributed by atoms with Crippen molar-refractivity contribution in [1.82, 2.24) is 0 Å². The molecule has 2 N–H and O–H groups in total. The topological polar surface area (TPSA) is 49.7 Å². The van der Waals surface area contributed by atoms with Crippen molar-refractivity contribution < 1.29 is 14.9 Å². The molecule has 0 fully saturated rings. The van der Waals surface area contributed by atoms with Crippen LogP contribution in [0.5, 0.6) is 11.5 Å². The van der Waals surface area contributed by atoms with Crippen molar-refractivity contribution in [3.8, 4) is 11.5 Å². The van der Waals surface area contributed by atoms with E-state index in [4.69, 9.17) is 14.9 Å². The quantitative estimate of drug-likeness (QED) is 0.675. The lowest BCUT2D eigenvalue weighted by Gasteiger charge is -2.04. The van der Waals surface area contributed by atoms with Gasteiger partial charge in [0.25, 0.3) is 0 Å². The molecule has 3 heteroatoms. The van der Waals surface area contributed by atoms with Crippen LogP contribution in [0.1, 0.15) is 0 Å². The summed E-state index contributed by atoms with van der Waals surface area (Å²) < 4.78 is 4.99. The molecule has 0 aliphatic carbocycles. The predicted molar refractivity (Wildman–Crippen MR) is 40.7 cm³/mol. The molecule has 0 amide bonds. The Hall–Kier alpha value is -1.22. The number of para-hydroxylation sites is 2. The lowest BCUT2D eigenvalue weighted by atomic mass is 10.3. The van der Waals surface area contributed by atoms with E-state index in [2.05, 4.69) is 0 Å². The van der Waals surface area contributed by atoms with Gasteiger partial charge in [-0.25, -0.2) is 0 Å². The third kappa shape index (κ3) is 2.13. The molecule has 0 saturated carbocycles. The molecule has 60 valence electrons. The van der Waals surface area contributed by atoms with E-state index in [-0.39, 0.29) is 19.0 Å². The smallest absolute Gasteiger partial charge is 0.161 e. The van der Waals surface area contributed by atoms with E-state index in [1.54, 1.807) is 18.2 Å². The highest BCUT2D eigenvalue weighted by Gasteiger charge is 1.97. The maximum Gasteiger partial charge on any atom is 0.161 e. The standard InChI is InChI=1S/C8H10O3/c9-5-6-11-8-4-2-1-3-7(8)10/h1-4,9-10H,5-6H2. The minimum Gasteiger partial charge on any atom is -0.504 e. The van der Waals surface area contributed by atoms with Crippen molar-refractivity contribution in [2.24, 2.45) is 0 Å². The van der Waals surface area contributed by atoms with Crippen LogP contribution in [0.3, 0.4) is 0 Å². The van der Waals surface area contributed by atoms with Crippen molar-refractivity contribution >= 4 is 0 Å². The van der Waals surface area contributed by atoms with Gasteiger partial charge in [-0.1, -0.05) is 12.1 Å². The van der Waals surface area contributed by atoms with E-state index in [0.717, 1.165) is 0 Å². The van der Waals surface area contributed by atoms with Crippen LogP contribution in [0, 0.1) is 0 Å². The first-order valence-electron chi connectivity index (χ1n) is 3.36. The number of phenolic OH excluding ortho intramolecular Hbond substituents is 1. The fourth-order valence-electron chi connectivity index (χ4n) is 0.735. The Labute approximate surface area is 64.9 Å². The van der Waals surface area contributed by atoms with Gasteiger partial charge in [0, 0.05) is 0 Å². The second-order valence-corrected chi connectivity index (χ2v) is 2.04. The minimum absolute atomic E-state index is 0.0473. The van der Waals surface area contributed by atoms with E-state index in [1.807, 2.05) is 0 Å². The molecule has 0 saturated heterocycles. The van der Waals surface area contributed by atoms with Crippen molar-refractivity contribution in [2.75, 3.05) is 13.2 Å². The third-order valence-corrected chi connectivity index (χ3v) is 1.21. The Balaban J connectivity index is 2.62. The number of hydrogen-bond donors (Lipinski definition) is 2. The Bertz CT molecular complexity index is 222. The van der Waals surface area contributed by atoms with Crippen LogP contribution in [0.4, 0.5) is 0 Å². The van der Waals surface area contributed by atoms with Gasteiger partial charge >= 0.3 is 0 Å². The number of ether oxygens (including phenoxy) is 1. The molecule has 0 heterocycles. The minimum atomic E-state index is -0.0473. The molecule has 0 aromatic heterocycles. The van der Waals surface area contributed by atoms with Gasteiger partial charge in [0.1, 0.15) is 6.61 Å². The average molecular weight is 154 g/mol. The first kappa shape index (κ1) is 7.88. The molecule has 1 aromatic carbocycles. The summed E-state index contributed by atoms with van der Waals surface area (Å²) in [5.74, 6) is 0.502. The Morgan fingerprint density at radius 2 is 2.00 bits per heavy atom. The third-order valence-electron chi connectivity index (χ3n) is 1.21. The van der Waals surface area contributed by atoms with Gasteiger partial charge in [-0.05, 0) is 12.1 Å². The molecule has 0 atom stereocenters. The summed E-state index contributed by atoms with van der Waals surface area (Å²) in [4.78, 5) is 0. The highest BCUT2D eigenvalue weighted by Crippen LogP contribution is 2.23. The maximum absolute atomic E-state index is 9.13. The van der Waals surface area contributed by atoms with Crippen molar-refractivity contribution in [2.45, 2.75) is 0 Å². The average Bonchev–Trinajstić information content (AvgIpc) is 2.03. The summed E-state index contributed by atoms with van der Waals surface area (Å²) in [5, 5.41) is 17.5. The van der Waals surface area contributed by atoms with Crippen LogP contribution in [-0.4, -0.2) is 23.4 Å². The predicted octanol–water partition coefficient (Wildman–Crippen LogP) is 0.763. The molecule has 0 unspecified atom stereocenters. The zero-order valence-corrected chi connectivity index (χ0v) is 6.03. The molecule has 0 bridgehead atoms. The molecular weight excluding hydrogens is 144 g/mol. The molecule has 1 rings (SSSR count). The number of aromatic hydroxyl groups is 1. The van der Waals surface area contributed by atoms with E-state index < -0.39 is 0 Å². The number of benzene rings is 1. The summed E-state index contributed by atoms with van der Waals surface area (Å²) in [6, 6.07) is 6.64. The summed E-state index contributed by atoms with van der Waals surface area (Å²) in [7, 11) is 0. The van der Waals surface area contributed by atoms with Crippen LogP contribution >= 0.6 is 0 Å². The molecule has 0 aliphatic heterocycles. The largest absolute Gasteiger partial charge is 0.504 e. The number of phenols is 1. The Kier molecular flexibility index (Phi) is 2.74. The highest BCUT2D eigenvalue weighted by molar-refractivity contribution is 5.37. The van der Waals surface area contributed by atoms with E-state index >= 15 is 0 Å². The summed E-state index contributed by atoms with van der Waals surface area (Å²) in [5.41, 5.74) is 0. The monoisotopic (exact) mass is 154 g/mol. The van der Waals surface area contributed by atoms with Gasteiger partial charge in [-0.3, -0.25) is 0 Å². The first-order chi connectivity index (χ1) is 5.34. The zero-order valence-electron chi connectivity index (χ0n) is 6.03. The van der Waals surface area contributed by atoms with Crippen molar-refractivity contribution in [3.05, 3.63) is 24.3 Å². The fourth-order valence-corrected chi connectivity index (χ4v) is 0.735. The van der Waals surface area contributed by atoms with Crippen LogP contribution in [0.15, 0.2) is 24.3 Å². The molecule has 0 radical (unpaired) electrons. The van der Waals surface area contributed by atoms with Gasteiger partial charge in [0.05, 0.1) is 6.61 Å². The molecule has 3 nitrogen and oxygen atoms in total. The van der Waals surface area contributed by atoms with Gasteiger partial charge in [-0.2, -0.15) is 0 Å². The molecule has 11 heavy (non-hydrogen) atoms. The number of hydrogen-bond acceptors (Lipinski definition) is 3. The first-order valence-corrected chi connectivity index (χ1v) is 3.36. The zero-order chi connectivity index (χ0) is 8.10. The molecule has 0 spiro atoms. The van der Waals surface area contributed by atoms with Gasteiger partial charge < -0.3 is 14.9 Å². The van der Waals surface area contributed by atoms with E-state index in [1.165, 1.54) is 6.07 Å². The second-order valence-electron chi connectivity index (χ2n) is 2.04. The van der Waals surface area contributed by atoms with Crippen LogP contribution in [-0.2, 0) is 0 Å². The van der Waals surface area contributed by atoms with E-state index in [9.17, 15) is 0 Å². The number of aliphatic hydroxyl groups is 1. The Morgan fingerprint density at radius 1 is 1.27 bits per heavy atom. The lowest BCUT2D eigenvalue weighted by molar-refractivity contribution is 0.197.